The Labute approximate surface area is 141 Å². The van der Waals surface area contributed by atoms with Gasteiger partial charge in [-0.2, -0.15) is 0 Å². The molecule has 1 aliphatic heterocycles. The summed E-state index contributed by atoms with van der Waals surface area (Å²) in [7, 11) is 0. The van der Waals surface area contributed by atoms with Gasteiger partial charge in [-0.25, -0.2) is 9.37 Å². The van der Waals surface area contributed by atoms with E-state index in [2.05, 4.69) is 15.6 Å². The number of hydrogen-bond donors (Lipinski definition) is 3. The average molecular weight is 349 g/mol. The number of aldehydes is 1. The van der Waals surface area contributed by atoms with Gasteiger partial charge in [-0.15, -0.1) is 11.3 Å². The van der Waals surface area contributed by atoms with Gasteiger partial charge in [-0.05, 0) is 25.5 Å². The number of nitrogens with one attached hydrogen (secondary N) is 2. The smallest absolute Gasteiger partial charge is 0.275 e. The Morgan fingerprint density at radius 1 is 1.46 bits per heavy atom. The Balaban J connectivity index is 1.74. The van der Waals surface area contributed by atoms with Gasteiger partial charge < -0.3 is 15.7 Å². The second-order valence-corrected chi connectivity index (χ2v) is 6.43. The number of carbonyl (C=O) groups is 2. The van der Waals surface area contributed by atoms with Crippen molar-refractivity contribution in [2.75, 3.05) is 11.9 Å². The van der Waals surface area contributed by atoms with Crippen LogP contribution < -0.4 is 10.6 Å². The highest BCUT2D eigenvalue weighted by Gasteiger charge is 2.20. The van der Waals surface area contributed by atoms with Crippen molar-refractivity contribution in [3.05, 3.63) is 39.6 Å². The molecule has 1 aromatic heterocycles. The zero-order valence-corrected chi connectivity index (χ0v) is 13.5. The number of anilines is 1. The van der Waals surface area contributed by atoms with Crippen molar-refractivity contribution in [2.45, 2.75) is 25.3 Å². The number of phenolic OH excluding ortho intramolecular Hbond substituents is 1. The maximum absolute atomic E-state index is 13.5. The Morgan fingerprint density at radius 3 is 3.00 bits per heavy atom. The predicted molar refractivity (Wildman–Crippen MR) is 88.1 cm³/mol. The molecule has 1 atom stereocenters. The topological polar surface area (TPSA) is 91.3 Å². The van der Waals surface area contributed by atoms with Crippen LogP contribution in [0, 0.1) is 5.82 Å². The van der Waals surface area contributed by atoms with Gasteiger partial charge in [0.25, 0.3) is 5.91 Å². The van der Waals surface area contributed by atoms with Gasteiger partial charge in [-0.1, -0.05) is 6.42 Å². The number of hydrogen-bond acceptors (Lipinski definition) is 6. The maximum Gasteiger partial charge on any atom is 0.275 e. The van der Waals surface area contributed by atoms with Crippen LogP contribution in [0.25, 0.3) is 0 Å². The summed E-state index contributed by atoms with van der Waals surface area (Å²) >= 11 is 1.40. The van der Waals surface area contributed by atoms with Crippen molar-refractivity contribution in [3.63, 3.8) is 0 Å². The molecule has 0 bridgehead atoms. The number of halogens is 1. The monoisotopic (exact) mass is 349 g/mol. The molecule has 3 N–H and O–H groups in total. The second kappa shape index (κ2) is 7.06. The van der Waals surface area contributed by atoms with Gasteiger partial charge in [0, 0.05) is 17.1 Å². The van der Waals surface area contributed by atoms with Crippen molar-refractivity contribution in [1.82, 2.24) is 10.3 Å². The molecular formula is C16H16FN3O3S. The summed E-state index contributed by atoms with van der Waals surface area (Å²) in [6.07, 6.45) is 3.57. The number of carbonyl (C=O) groups excluding carboxylic acids is 2. The maximum atomic E-state index is 13.5. The lowest BCUT2D eigenvalue weighted by molar-refractivity contribution is 0.102. The van der Waals surface area contributed by atoms with E-state index in [1.807, 2.05) is 0 Å². The molecule has 1 aliphatic rings. The Kier molecular flexibility index (Phi) is 4.86. The molecule has 2 aromatic rings. The fraction of sp³-hybridized carbons (Fsp3) is 0.312. The molecule has 3 rings (SSSR count). The Morgan fingerprint density at radius 2 is 2.29 bits per heavy atom. The summed E-state index contributed by atoms with van der Waals surface area (Å²) in [5.41, 5.74) is 0.0990. The van der Waals surface area contributed by atoms with Gasteiger partial charge in [0.1, 0.15) is 10.7 Å². The SMILES string of the molecule is O=Cc1cc(NC(=O)c2csc(C3CCCCN3)n2)cc(F)c1O. The van der Waals surface area contributed by atoms with Crippen LogP contribution in [0.1, 0.15) is 51.2 Å². The Hall–Kier alpha value is -2.32. The van der Waals surface area contributed by atoms with E-state index in [4.69, 9.17) is 0 Å². The quantitative estimate of drug-likeness (QED) is 0.583. The molecule has 1 fully saturated rings. The third-order valence-electron chi connectivity index (χ3n) is 3.84. The summed E-state index contributed by atoms with van der Waals surface area (Å²) in [5.74, 6) is -2.20. The van der Waals surface area contributed by atoms with Crippen LogP contribution in [0.5, 0.6) is 5.75 Å². The number of phenols is 1. The molecule has 24 heavy (non-hydrogen) atoms. The number of rotatable bonds is 4. The number of nitrogens with zero attached hydrogens (tertiary/aromatic N) is 1. The van der Waals surface area contributed by atoms with Crippen LogP contribution in [0.4, 0.5) is 10.1 Å². The predicted octanol–water partition coefficient (Wildman–Crippen LogP) is 2.87. The van der Waals surface area contributed by atoms with E-state index in [0.717, 1.165) is 36.9 Å². The lowest BCUT2D eigenvalue weighted by Gasteiger charge is -2.21. The molecule has 1 amide bonds. The van der Waals surface area contributed by atoms with Crippen molar-refractivity contribution >= 4 is 29.2 Å². The molecule has 126 valence electrons. The summed E-state index contributed by atoms with van der Waals surface area (Å²) in [5, 5.41) is 17.7. The molecule has 6 nitrogen and oxygen atoms in total. The van der Waals surface area contributed by atoms with Crippen molar-refractivity contribution in [1.29, 1.82) is 0 Å². The molecule has 0 spiro atoms. The summed E-state index contributed by atoms with van der Waals surface area (Å²) < 4.78 is 13.5. The third-order valence-corrected chi connectivity index (χ3v) is 4.80. The number of piperidine rings is 1. The molecule has 1 aromatic carbocycles. The van der Waals surface area contributed by atoms with E-state index >= 15 is 0 Å². The normalized spacial score (nSPS) is 17.5. The third kappa shape index (κ3) is 3.44. The number of thiazole rings is 1. The highest BCUT2D eigenvalue weighted by Crippen LogP contribution is 2.27. The molecule has 0 radical (unpaired) electrons. The lowest BCUT2D eigenvalue weighted by Crippen LogP contribution is -2.26. The van der Waals surface area contributed by atoms with Gasteiger partial charge in [-0.3, -0.25) is 9.59 Å². The lowest BCUT2D eigenvalue weighted by atomic mass is 10.1. The van der Waals surface area contributed by atoms with E-state index in [0.29, 0.717) is 6.29 Å². The summed E-state index contributed by atoms with van der Waals surface area (Å²) in [4.78, 5) is 27.4. The first-order chi connectivity index (χ1) is 11.6. The molecule has 1 saturated heterocycles. The van der Waals surface area contributed by atoms with Crippen LogP contribution in [0.15, 0.2) is 17.5 Å². The van der Waals surface area contributed by atoms with Crippen LogP contribution >= 0.6 is 11.3 Å². The first kappa shape index (κ1) is 16.5. The number of amides is 1. The zero-order chi connectivity index (χ0) is 17.1. The summed E-state index contributed by atoms with van der Waals surface area (Å²) in [6.45, 7) is 0.938. The van der Waals surface area contributed by atoms with Crippen molar-refractivity contribution in [2.24, 2.45) is 0 Å². The molecule has 0 aliphatic carbocycles. The Bertz CT molecular complexity index is 772. The zero-order valence-electron chi connectivity index (χ0n) is 12.7. The molecule has 8 heteroatoms. The van der Waals surface area contributed by atoms with Gasteiger partial charge in [0.15, 0.2) is 17.9 Å². The molecular weight excluding hydrogens is 333 g/mol. The number of aromatic hydroxyl groups is 1. The highest BCUT2D eigenvalue weighted by atomic mass is 32.1. The van der Waals surface area contributed by atoms with Gasteiger partial charge >= 0.3 is 0 Å². The van der Waals surface area contributed by atoms with E-state index in [1.165, 1.54) is 17.4 Å². The van der Waals surface area contributed by atoms with Crippen molar-refractivity contribution in [3.8, 4) is 5.75 Å². The van der Waals surface area contributed by atoms with Crippen LogP contribution in [0.2, 0.25) is 0 Å². The van der Waals surface area contributed by atoms with Gasteiger partial charge in [0.05, 0.1) is 11.6 Å². The van der Waals surface area contributed by atoms with Crippen LogP contribution in [0.3, 0.4) is 0 Å². The minimum absolute atomic E-state index is 0.0859. The van der Waals surface area contributed by atoms with E-state index in [-0.39, 0.29) is 23.0 Å². The van der Waals surface area contributed by atoms with E-state index in [1.54, 1.807) is 5.38 Å². The standard InChI is InChI=1S/C16H16FN3O3S/c17-11-6-10(5-9(7-21)14(11)22)19-15(23)13-8-24-16(20-13)12-3-1-2-4-18-12/h5-8,12,18,22H,1-4H2,(H,19,23). The highest BCUT2D eigenvalue weighted by molar-refractivity contribution is 7.09. The molecule has 2 heterocycles. The minimum atomic E-state index is -0.972. The minimum Gasteiger partial charge on any atom is -0.504 e. The van der Waals surface area contributed by atoms with Crippen molar-refractivity contribution < 1.29 is 19.1 Å². The second-order valence-electron chi connectivity index (χ2n) is 5.54. The van der Waals surface area contributed by atoms with E-state index < -0.39 is 17.5 Å². The van der Waals surface area contributed by atoms with Crippen LogP contribution in [-0.2, 0) is 0 Å². The fourth-order valence-corrected chi connectivity index (χ4v) is 3.50. The van der Waals surface area contributed by atoms with Gasteiger partial charge in [0.2, 0.25) is 0 Å². The first-order valence-corrected chi connectivity index (χ1v) is 8.44. The number of aromatic nitrogens is 1. The number of benzene rings is 1. The molecule has 0 saturated carbocycles. The first-order valence-electron chi connectivity index (χ1n) is 7.56. The van der Waals surface area contributed by atoms with E-state index in [9.17, 15) is 19.1 Å². The fourth-order valence-electron chi connectivity index (χ4n) is 2.59. The average Bonchev–Trinajstić information content (AvgIpc) is 3.09. The molecule has 1 unspecified atom stereocenters. The largest absolute Gasteiger partial charge is 0.504 e. The summed E-state index contributed by atoms with van der Waals surface area (Å²) in [6, 6.07) is 2.33. The van der Waals surface area contributed by atoms with Crippen LogP contribution in [-0.4, -0.2) is 28.8 Å².